The zero-order chi connectivity index (χ0) is 13.0. The fraction of sp³-hybridized carbons (Fsp3) is 1.00. The Hall–Kier alpha value is 0.250. The molecule has 0 amide bonds. The van der Waals surface area contributed by atoms with E-state index in [0.717, 1.165) is 47.3 Å². The highest BCUT2D eigenvalue weighted by Crippen LogP contribution is 2.53. The quantitative estimate of drug-likeness (QED) is 0.813. The number of fused-ring (bicyclic) bond motifs is 4. The lowest BCUT2D eigenvalue weighted by atomic mass is 9.79. The maximum absolute atomic E-state index is 3.90. The van der Waals surface area contributed by atoms with Crippen molar-refractivity contribution in [2.24, 2.45) is 47.3 Å². The molecule has 4 fully saturated rings. The van der Waals surface area contributed by atoms with Gasteiger partial charge in [-0.15, -0.1) is 12.4 Å². The van der Waals surface area contributed by atoms with Crippen molar-refractivity contribution in [3.63, 3.8) is 0 Å². The first-order valence-corrected chi connectivity index (χ1v) is 8.94. The van der Waals surface area contributed by atoms with E-state index < -0.39 is 0 Å². The van der Waals surface area contributed by atoms with Gasteiger partial charge in [-0.05, 0) is 99.0 Å². The molecule has 8 unspecified atom stereocenters. The third kappa shape index (κ3) is 2.33. The summed E-state index contributed by atoms with van der Waals surface area (Å²) in [5, 5.41) is 3.90. The van der Waals surface area contributed by atoms with Gasteiger partial charge in [0.1, 0.15) is 0 Å². The standard InChI is InChI=1S/C18H31N.ClH/c1-11-13-3-5-15(7-13)17(11)9-19-10-18-12(2)14-4-6-16(18)8-14;/h11-19H,3-10H2,1-2H3;1H. The zero-order valence-corrected chi connectivity index (χ0v) is 14.0. The maximum atomic E-state index is 3.90. The van der Waals surface area contributed by atoms with Gasteiger partial charge in [0.2, 0.25) is 0 Å². The fourth-order valence-corrected chi connectivity index (χ4v) is 6.52. The van der Waals surface area contributed by atoms with Crippen molar-refractivity contribution in [1.29, 1.82) is 0 Å². The Bertz CT molecular complexity index is 308. The second-order valence-corrected chi connectivity index (χ2v) is 8.37. The van der Waals surface area contributed by atoms with Gasteiger partial charge < -0.3 is 5.32 Å². The van der Waals surface area contributed by atoms with Gasteiger partial charge in [0.15, 0.2) is 0 Å². The summed E-state index contributed by atoms with van der Waals surface area (Å²) >= 11 is 0. The lowest BCUT2D eigenvalue weighted by Gasteiger charge is -2.32. The van der Waals surface area contributed by atoms with E-state index in [9.17, 15) is 0 Å². The molecule has 0 saturated heterocycles. The Morgan fingerprint density at radius 1 is 0.700 bits per heavy atom. The molecule has 0 aromatic rings. The van der Waals surface area contributed by atoms with E-state index in [1.54, 1.807) is 12.8 Å². The van der Waals surface area contributed by atoms with Gasteiger partial charge in [-0.3, -0.25) is 0 Å². The molecule has 1 nitrogen and oxygen atoms in total. The van der Waals surface area contributed by atoms with E-state index in [0.29, 0.717) is 0 Å². The third-order valence-corrected chi connectivity index (χ3v) is 7.84. The Labute approximate surface area is 131 Å². The minimum Gasteiger partial charge on any atom is -0.316 e. The van der Waals surface area contributed by atoms with Gasteiger partial charge in [0, 0.05) is 0 Å². The van der Waals surface area contributed by atoms with Crippen LogP contribution in [0, 0.1) is 47.3 Å². The fourth-order valence-electron chi connectivity index (χ4n) is 6.52. The summed E-state index contributed by atoms with van der Waals surface area (Å²) in [4.78, 5) is 0. The van der Waals surface area contributed by atoms with E-state index >= 15 is 0 Å². The average molecular weight is 298 g/mol. The van der Waals surface area contributed by atoms with E-state index in [4.69, 9.17) is 0 Å². The summed E-state index contributed by atoms with van der Waals surface area (Å²) in [7, 11) is 0. The second kappa shape index (κ2) is 5.80. The molecular weight excluding hydrogens is 266 g/mol. The molecule has 2 heteroatoms. The van der Waals surface area contributed by atoms with Gasteiger partial charge in [0.05, 0.1) is 0 Å². The molecule has 4 aliphatic rings. The van der Waals surface area contributed by atoms with Gasteiger partial charge in [-0.25, -0.2) is 0 Å². The Balaban J connectivity index is 0.00000121. The van der Waals surface area contributed by atoms with Crippen LogP contribution in [0.25, 0.3) is 0 Å². The van der Waals surface area contributed by atoms with E-state index in [2.05, 4.69) is 19.2 Å². The molecule has 0 aromatic heterocycles. The lowest BCUT2D eigenvalue weighted by Crippen LogP contribution is -2.36. The maximum Gasteiger partial charge on any atom is -0.00151 e. The highest BCUT2D eigenvalue weighted by atomic mass is 35.5. The van der Waals surface area contributed by atoms with Crippen LogP contribution in [-0.2, 0) is 0 Å². The van der Waals surface area contributed by atoms with Crippen molar-refractivity contribution < 1.29 is 0 Å². The smallest absolute Gasteiger partial charge is 0.00151 e. The Morgan fingerprint density at radius 2 is 1.10 bits per heavy atom. The molecule has 8 atom stereocenters. The van der Waals surface area contributed by atoms with Gasteiger partial charge in [0.25, 0.3) is 0 Å². The van der Waals surface area contributed by atoms with Crippen molar-refractivity contribution in [2.75, 3.05) is 13.1 Å². The molecule has 20 heavy (non-hydrogen) atoms. The molecule has 0 heterocycles. The molecule has 4 saturated carbocycles. The predicted octanol–water partition coefficient (Wildman–Crippen LogP) is 4.36. The highest BCUT2D eigenvalue weighted by Gasteiger charge is 2.46. The highest BCUT2D eigenvalue weighted by molar-refractivity contribution is 5.85. The molecule has 116 valence electrons. The molecule has 4 bridgehead atoms. The minimum absolute atomic E-state index is 0. The van der Waals surface area contributed by atoms with Crippen molar-refractivity contribution in [3.05, 3.63) is 0 Å². The van der Waals surface area contributed by atoms with E-state index in [-0.39, 0.29) is 12.4 Å². The number of hydrogen-bond acceptors (Lipinski definition) is 1. The normalized spacial score (nSPS) is 52.5. The second-order valence-electron chi connectivity index (χ2n) is 8.37. The van der Waals surface area contributed by atoms with Gasteiger partial charge in [-0.2, -0.15) is 0 Å². The largest absolute Gasteiger partial charge is 0.316 e. The predicted molar refractivity (Wildman–Crippen MR) is 87.1 cm³/mol. The minimum atomic E-state index is 0. The number of nitrogens with one attached hydrogen (secondary N) is 1. The van der Waals surface area contributed by atoms with Crippen LogP contribution in [0.3, 0.4) is 0 Å². The average Bonchev–Trinajstić information content (AvgIpc) is 3.14. The summed E-state index contributed by atoms with van der Waals surface area (Å²) in [5.41, 5.74) is 0. The van der Waals surface area contributed by atoms with Crippen LogP contribution < -0.4 is 5.32 Å². The molecule has 0 radical (unpaired) electrons. The topological polar surface area (TPSA) is 12.0 Å². The van der Waals surface area contributed by atoms with Gasteiger partial charge in [-0.1, -0.05) is 13.8 Å². The monoisotopic (exact) mass is 297 g/mol. The van der Waals surface area contributed by atoms with Crippen LogP contribution >= 0.6 is 12.4 Å². The third-order valence-electron chi connectivity index (χ3n) is 7.84. The summed E-state index contributed by atoms with van der Waals surface area (Å²) in [6, 6.07) is 0. The first kappa shape index (κ1) is 15.2. The molecule has 1 N–H and O–H groups in total. The van der Waals surface area contributed by atoms with Crippen molar-refractivity contribution in [1.82, 2.24) is 5.32 Å². The van der Waals surface area contributed by atoms with Crippen LogP contribution in [0.4, 0.5) is 0 Å². The van der Waals surface area contributed by atoms with Crippen molar-refractivity contribution in [2.45, 2.75) is 52.4 Å². The number of halogens is 1. The van der Waals surface area contributed by atoms with Crippen LogP contribution in [0.1, 0.15) is 52.4 Å². The first-order chi connectivity index (χ1) is 9.24. The van der Waals surface area contributed by atoms with Crippen molar-refractivity contribution >= 4 is 12.4 Å². The van der Waals surface area contributed by atoms with Gasteiger partial charge >= 0.3 is 0 Å². The van der Waals surface area contributed by atoms with E-state index in [1.807, 2.05) is 0 Å². The summed E-state index contributed by atoms with van der Waals surface area (Å²) in [6.45, 7) is 7.69. The SMILES string of the molecule is CC1C2CCC(C2)C1CNCC1C2CCC(C2)C1C.Cl. The molecule has 4 rings (SSSR count). The van der Waals surface area contributed by atoms with Crippen LogP contribution in [-0.4, -0.2) is 13.1 Å². The molecule has 0 aromatic carbocycles. The van der Waals surface area contributed by atoms with Crippen molar-refractivity contribution in [3.8, 4) is 0 Å². The summed E-state index contributed by atoms with van der Waals surface area (Å²) in [6.07, 6.45) is 9.24. The van der Waals surface area contributed by atoms with Crippen LogP contribution in [0.15, 0.2) is 0 Å². The Kier molecular flexibility index (Phi) is 4.40. The molecule has 0 aliphatic heterocycles. The lowest BCUT2D eigenvalue weighted by molar-refractivity contribution is 0.202. The number of hydrogen-bond donors (Lipinski definition) is 1. The first-order valence-electron chi connectivity index (χ1n) is 8.94. The Morgan fingerprint density at radius 3 is 1.45 bits per heavy atom. The summed E-state index contributed by atoms with van der Waals surface area (Å²) in [5.74, 6) is 8.33. The zero-order valence-electron chi connectivity index (χ0n) is 13.2. The molecule has 0 spiro atoms. The number of rotatable bonds is 4. The molecule has 4 aliphatic carbocycles. The van der Waals surface area contributed by atoms with Crippen LogP contribution in [0.2, 0.25) is 0 Å². The molecular formula is C18H32ClN. The summed E-state index contributed by atoms with van der Waals surface area (Å²) < 4.78 is 0. The van der Waals surface area contributed by atoms with E-state index in [1.165, 1.54) is 38.8 Å². The van der Waals surface area contributed by atoms with Crippen LogP contribution in [0.5, 0.6) is 0 Å².